The van der Waals surface area contributed by atoms with Crippen LogP contribution in [0, 0.1) is 0 Å². The Hall–Kier alpha value is -3.01. The Labute approximate surface area is 134 Å². The Morgan fingerprint density at radius 1 is 0.913 bits per heavy atom. The molecule has 0 fully saturated rings. The molecule has 4 heteroatoms. The Bertz CT molecular complexity index is 819. The Balaban J connectivity index is 1.97. The number of benzene rings is 2. The Morgan fingerprint density at radius 2 is 1.65 bits per heavy atom. The average molecular weight is 307 g/mol. The molecule has 1 heterocycles. The van der Waals surface area contributed by atoms with Crippen molar-refractivity contribution < 1.29 is 14.3 Å². The second-order valence-electron chi connectivity index (χ2n) is 5.07. The monoisotopic (exact) mass is 307 g/mol. The van der Waals surface area contributed by atoms with Gasteiger partial charge < -0.3 is 14.5 Å². The van der Waals surface area contributed by atoms with Crippen LogP contribution in [0.4, 0.5) is 0 Å². The SMILES string of the molecule is COc1ccc(C(=O)c2c[nH]cc2-c2cccc(OC)c2)cc1. The van der Waals surface area contributed by atoms with E-state index in [1.165, 1.54) is 0 Å². The van der Waals surface area contributed by atoms with Gasteiger partial charge in [0.15, 0.2) is 5.78 Å². The van der Waals surface area contributed by atoms with Crippen molar-refractivity contribution in [1.82, 2.24) is 4.98 Å². The van der Waals surface area contributed by atoms with Gasteiger partial charge in [-0.1, -0.05) is 12.1 Å². The molecule has 0 spiro atoms. The normalized spacial score (nSPS) is 10.3. The summed E-state index contributed by atoms with van der Waals surface area (Å²) in [4.78, 5) is 15.8. The zero-order valence-electron chi connectivity index (χ0n) is 13.0. The molecule has 3 rings (SSSR count). The number of hydrogen-bond donors (Lipinski definition) is 1. The van der Waals surface area contributed by atoms with Crippen LogP contribution in [0.2, 0.25) is 0 Å². The maximum Gasteiger partial charge on any atom is 0.195 e. The van der Waals surface area contributed by atoms with Crippen molar-refractivity contribution in [2.45, 2.75) is 0 Å². The van der Waals surface area contributed by atoms with Crippen molar-refractivity contribution in [3.05, 3.63) is 72.1 Å². The van der Waals surface area contributed by atoms with Gasteiger partial charge in [0.05, 0.1) is 14.2 Å². The third kappa shape index (κ3) is 2.97. The highest BCUT2D eigenvalue weighted by Gasteiger charge is 2.16. The molecule has 0 saturated carbocycles. The number of rotatable bonds is 5. The van der Waals surface area contributed by atoms with E-state index in [9.17, 15) is 4.79 Å². The van der Waals surface area contributed by atoms with Crippen LogP contribution in [-0.2, 0) is 0 Å². The smallest absolute Gasteiger partial charge is 0.195 e. The van der Waals surface area contributed by atoms with Crippen molar-refractivity contribution in [3.8, 4) is 22.6 Å². The van der Waals surface area contributed by atoms with Gasteiger partial charge in [-0.05, 0) is 42.0 Å². The van der Waals surface area contributed by atoms with Crippen molar-refractivity contribution in [2.24, 2.45) is 0 Å². The standard InChI is InChI=1S/C19H17NO3/c1-22-15-8-6-13(7-9-15)19(21)18-12-20-11-17(18)14-4-3-5-16(10-14)23-2/h3-12,20H,1-2H3. The molecule has 0 radical (unpaired) electrons. The van der Waals surface area contributed by atoms with E-state index in [1.807, 2.05) is 30.5 Å². The molecule has 0 aliphatic heterocycles. The van der Waals surface area contributed by atoms with E-state index < -0.39 is 0 Å². The van der Waals surface area contributed by atoms with E-state index in [2.05, 4.69) is 4.98 Å². The Morgan fingerprint density at radius 3 is 2.35 bits per heavy atom. The number of methoxy groups -OCH3 is 2. The highest BCUT2D eigenvalue weighted by atomic mass is 16.5. The molecule has 1 aromatic heterocycles. The molecule has 0 amide bonds. The largest absolute Gasteiger partial charge is 0.497 e. The van der Waals surface area contributed by atoms with Crippen molar-refractivity contribution in [2.75, 3.05) is 14.2 Å². The number of carbonyl (C=O) groups excluding carboxylic acids is 1. The van der Waals surface area contributed by atoms with Gasteiger partial charge in [0.25, 0.3) is 0 Å². The minimum absolute atomic E-state index is 0.0354. The lowest BCUT2D eigenvalue weighted by molar-refractivity contribution is 0.103. The van der Waals surface area contributed by atoms with Crippen LogP contribution < -0.4 is 9.47 Å². The molecular formula is C19H17NO3. The molecule has 0 aliphatic rings. The van der Waals surface area contributed by atoms with Crippen molar-refractivity contribution in [3.63, 3.8) is 0 Å². The van der Waals surface area contributed by atoms with Gasteiger partial charge in [0.1, 0.15) is 11.5 Å². The minimum Gasteiger partial charge on any atom is -0.497 e. The van der Waals surface area contributed by atoms with Gasteiger partial charge >= 0.3 is 0 Å². The van der Waals surface area contributed by atoms with Gasteiger partial charge in [-0.2, -0.15) is 0 Å². The number of hydrogen-bond acceptors (Lipinski definition) is 3. The summed E-state index contributed by atoms with van der Waals surface area (Å²) in [6.07, 6.45) is 3.55. The maximum absolute atomic E-state index is 12.8. The van der Waals surface area contributed by atoms with Crippen molar-refractivity contribution >= 4 is 5.78 Å². The van der Waals surface area contributed by atoms with E-state index in [0.717, 1.165) is 22.6 Å². The van der Waals surface area contributed by atoms with Crippen LogP contribution in [0.3, 0.4) is 0 Å². The zero-order valence-corrected chi connectivity index (χ0v) is 13.0. The second-order valence-corrected chi connectivity index (χ2v) is 5.07. The number of ether oxygens (including phenoxy) is 2. The number of nitrogens with one attached hydrogen (secondary N) is 1. The first-order chi connectivity index (χ1) is 11.2. The fourth-order valence-electron chi connectivity index (χ4n) is 2.48. The zero-order chi connectivity index (χ0) is 16.2. The summed E-state index contributed by atoms with van der Waals surface area (Å²) in [5, 5.41) is 0. The summed E-state index contributed by atoms with van der Waals surface area (Å²) in [7, 11) is 3.23. The van der Waals surface area contributed by atoms with Crippen LogP contribution in [0.5, 0.6) is 11.5 Å². The van der Waals surface area contributed by atoms with Crippen LogP contribution in [0.1, 0.15) is 15.9 Å². The lowest BCUT2D eigenvalue weighted by Crippen LogP contribution is -2.01. The average Bonchev–Trinajstić information content (AvgIpc) is 3.11. The molecule has 0 bridgehead atoms. The summed E-state index contributed by atoms with van der Waals surface area (Å²) >= 11 is 0. The first kappa shape index (κ1) is 14.9. The second kappa shape index (κ2) is 6.40. The third-order valence-electron chi connectivity index (χ3n) is 3.72. The predicted molar refractivity (Wildman–Crippen MR) is 89.2 cm³/mol. The number of aromatic amines is 1. The molecule has 4 nitrogen and oxygen atoms in total. The van der Waals surface area contributed by atoms with E-state index >= 15 is 0 Å². The number of H-pyrrole nitrogens is 1. The first-order valence-corrected chi connectivity index (χ1v) is 7.23. The molecular weight excluding hydrogens is 290 g/mol. The molecule has 116 valence electrons. The van der Waals surface area contributed by atoms with Gasteiger partial charge in [0.2, 0.25) is 0 Å². The van der Waals surface area contributed by atoms with Crippen LogP contribution >= 0.6 is 0 Å². The fourth-order valence-corrected chi connectivity index (χ4v) is 2.48. The van der Waals surface area contributed by atoms with E-state index in [-0.39, 0.29) is 5.78 Å². The lowest BCUT2D eigenvalue weighted by Gasteiger charge is -2.06. The van der Waals surface area contributed by atoms with Crippen molar-refractivity contribution in [1.29, 1.82) is 0 Å². The topological polar surface area (TPSA) is 51.3 Å². The minimum atomic E-state index is -0.0354. The summed E-state index contributed by atoms with van der Waals surface area (Å²) in [6, 6.07) is 14.7. The van der Waals surface area contributed by atoms with Crippen LogP contribution in [-0.4, -0.2) is 25.0 Å². The quantitative estimate of drug-likeness (QED) is 0.727. The van der Waals surface area contributed by atoms with E-state index in [4.69, 9.17) is 9.47 Å². The summed E-state index contributed by atoms with van der Waals surface area (Å²) in [6.45, 7) is 0. The lowest BCUT2D eigenvalue weighted by atomic mass is 9.98. The maximum atomic E-state index is 12.8. The van der Waals surface area contributed by atoms with Gasteiger partial charge in [-0.3, -0.25) is 4.79 Å². The summed E-state index contributed by atoms with van der Waals surface area (Å²) in [5.41, 5.74) is 3.03. The first-order valence-electron chi connectivity index (χ1n) is 7.23. The molecule has 1 N–H and O–H groups in total. The summed E-state index contributed by atoms with van der Waals surface area (Å²) in [5.74, 6) is 1.45. The molecule has 0 atom stereocenters. The summed E-state index contributed by atoms with van der Waals surface area (Å²) < 4.78 is 10.4. The number of carbonyl (C=O) groups is 1. The number of aromatic nitrogens is 1. The highest BCUT2D eigenvalue weighted by Crippen LogP contribution is 2.28. The molecule has 3 aromatic rings. The highest BCUT2D eigenvalue weighted by molar-refractivity contribution is 6.12. The van der Waals surface area contributed by atoms with E-state index in [0.29, 0.717) is 11.1 Å². The molecule has 2 aromatic carbocycles. The predicted octanol–water partition coefficient (Wildman–Crippen LogP) is 3.93. The van der Waals surface area contributed by atoms with Crippen LogP contribution in [0.25, 0.3) is 11.1 Å². The van der Waals surface area contributed by atoms with Crippen LogP contribution in [0.15, 0.2) is 60.9 Å². The molecule has 0 saturated heterocycles. The molecule has 0 aliphatic carbocycles. The van der Waals surface area contributed by atoms with Gasteiger partial charge in [0, 0.05) is 29.1 Å². The fraction of sp³-hybridized carbons (Fsp3) is 0.105. The van der Waals surface area contributed by atoms with E-state index in [1.54, 1.807) is 44.7 Å². The van der Waals surface area contributed by atoms with Gasteiger partial charge in [-0.15, -0.1) is 0 Å². The Kier molecular flexibility index (Phi) is 4.15. The molecule has 0 unspecified atom stereocenters. The number of ketones is 1. The third-order valence-corrected chi connectivity index (χ3v) is 3.72. The molecule has 23 heavy (non-hydrogen) atoms. The van der Waals surface area contributed by atoms with Gasteiger partial charge in [-0.25, -0.2) is 0 Å².